The van der Waals surface area contributed by atoms with Crippen molar-refractivity contribution in [1.82, 2.24) is 19.5 Å². The summed E-state index contributed by atoms with van der Waals surface area (Å²) in [5.74, 6) is 0.593. The molecule has 0 aliphatic heterocycles. The fourth-order valence-corrected chi connectivity index (χ4v) is 3.25. The standard InChI is InChI=1S/C15H11Cl2N5O/c16-8-2-1-3-9(17)10(8)14-21-13-12(22(14)15(18)23)11(7-4-5-7)19-6-20-13/h1-3,6-7H,4-5H2,(H2,18,23). The van der Waals surface area contributed by atoms with Crippen molar-refractivity contribution in [3.05, 3.63) is 40.3 Å². The predicted octanol–water partition coefficient (Wildman–Crippen LogP) is 3.60. The summed E-state index contributed by atoms with van der Waals surface area (Å²) in [6.07, 6.45) is 3.50. The highest BCUT2D eigenvalue weighted by atomic mass is 35.5. The number of carbonyl (C=O) groups excluding carboxylic acids is 1. The van der Waals surface area contributed by atoms with E-state index in [1.807, 2.05) is 0 Å². The number of hydrogen-bond donors (Lipinski definition) is 1. The third-order valence-corrected chi connectivity index (χ3v) is 4.48. The van der Waals surface area contributed by atoms with Crippen molar-refractivity contribution in [1.29, 1.82) is 0 Å². The molecule has 1 saturated carbocycles. The van der Waals surface area contributed by atoms with Crippen LogP contribution in [-0.2, 0) is 0 Å². The molecule has 1 amide bonds. The number of aromatic nitrogens is 4. The quantitative estimate of drug-likeness (QED) is 0.766. The lowest BCUT2D eigenvalue weighted by Crippen LogP contribution is -2.21. The second kappa shape index (κ2) is 5.18. The van der Waals surface area contributed by atoms with Gasteiger partial charge in [0.1, 0.15) is 11.8 Å². The fraction of sp³-hybridized carbons (Fsp3) is 0.200. The Balaban J connectivity index is 2.10. The number of imidazole rings is 1. The summed E-state index contributed by atoms with van der Waals surface area (Å²) in [6, 6.07) is 4.41. The number of fused-ring (bicyclic) bond motifs is 1. The predicted molar refractivity (Wildman–Crippen MR) is 87.7 cm³/mol. The number of halogens is 2. The minimum absolute atomic E-state index is 0.283. The molecule has 4 rings (SSSR count). The summed E-state index contributed by atoms with van der Waals surface area (Å²) in [4.78, 5) is 25.0. The molecule has 116 valence electrons. The normalized spacial score (nSPS) is 14.3. The summed E-state index contributed by atoms with van der Waals surface area (Å²) in [6.45, 7) is 0. The van der Waals surface area contributed by atoms with Gasteiger partial charge in [-0.15, -0.1) is 0 Å². The molecule has 0 unspecified atom stereocenters. The molecule has 2 heterocycles. The maximum Gasteiger partial charge on any atom is 0.325 e. The van der Waals surface area contributed by atoms with Gasteiger partial charge in [-0.2, -0.15) is 0 Å². The molecule has 0 radical (unpaired) electrons. The summed E-state index contributed by atoms with van der Waals surface area (Å²) >= 11 is 12.5. The Morgan fingerprint density at radius 2 is 1.91 bits per heavy atom. The molecule has 3 aromatic rings. The van der Waals surface area contributed by atoms with Gasteiger partial charge in [0, 0.05) is 5.92 Å². The molecule has 2 N–H and O–H groups in total. The largest absolute Gasteiger partial charge is 0.351 e. The van der Waals surface area contributed by atoms with Crippen molar-refractivity contribution in [2.24, 2.45) is 5.73 Å². The van der Waals surface area contributed by atoms with Gasteiger partial charge in [-0.3, -0.25) is 0 Å². The van der Waals surface area contributed by atoms with Crippen LogP contribution >= 0.6 is 23.2 Å². The number of primary amides is 1. The molecule has 23 heavy (non-hydrogen) atoms. The maximum atomic E-state index is 12.1. The first kappa shape index (κ1) is 14.4. The Morgan fingerprint density at radius 3 is 2.52 bits per heavy atom. The fourth-order valence-electron chi connectivity index (χ4n) is 2.68. The van der Waals surface area contributed by atoms with E-state index in [9.17, 15) is 4.79 Å². The van der Waals surface area contributed by atoms with Crippen molar-refractivity contribution in [2.45, 2.75) is 18.8 Å². The molecule has 0 bridgehead atoms. The molecule has 1 aliphatic carbocycles. The van der Waals surface area contributed by atoms with Crippen LogP contribution in [0.4, 0.5) is 4.79 Å². The van der Waals surface area contributed by atoms with Crippen molar-refractivity contribution in [2.75, 3.05) is 0 Å². The Kier molecular flexibility index (Phi) is 3.25. The number of nitrogens with two attached hydrogens (primary N) is 1. The second-order valence-electron chi connectivity index (χ2n) is 5.41. The van der Waals surface area contributed by atoms with Gasteiger partial charge in [-0.1, -0.05) is 29.3 Å². The van der Waals surface area contributed by atoms with Crippen molar-refractivity contribution in [3.8, 4) is 11.4 Å². The summed E-state index contributed by atoms with van der Waals surface area (Å²) in [5, 5.41) is 0.771. The molecule has 6 nitrogen and oxygen atoms in total. The van der Waals surface area contributed by atoms with Crippen LogP contribution in [0.1, 0.15) is 24.5 Å². The average Bonchev–Trinajstić information content (AvgIpc) is 3.26. The summed E-state index contributed by atoms with van der Waals surface area (Å²) in [5.41, 5.74) is 7.78. The highest BCUT2D eigenvalue weighted by Crippen LogP contribution is 2.43. The van der Waals surface area contributed by atoms with Crippen molar-refractivity contribution >= 4 is 40.4 Å². The first-order valence-corrected chi connectivity index (χ1v) is 7.81. The van der Waals surface area contributed by atoms with Gasteiger partial charge in [-0.25, -0.2) is 24.3 Å². The van der Waals surface area contributed by atoms with E-state index < -0.39 is 6.03 Å². The molecule has 1 aromatic carbocycles. The SMILES string of the molecule is NC(=O)n1c(-c2c(Cl)cccc2Cl)nc2ncnc(C3CC3)c21. The van der Waals surface area contributed by atoms with Gasteiger partial charge < -0.3 is 5.73 Å². The zero-order chi connectivity index (χ0) is 16.1. The number of rotatable bonds is 2. The number of benzene rings is 1. The highest BCUT2D eigenvalue weighted by molar-refractivity contribution is 6.39. The molecule has 0 spiro atoms. The molecule has 0 saturated heterocycles. The molecular weight excluding hydrogens is 337 g/mol. The van der Waals surface area contributed by atoms with Crippen LogP contribution in [0.3, 0.4) is 0 Å². The zero-order valence-electron chi connectivity index (χ0n) is 11.8. The number of nitrogens with zero attached hydrogens (tertiary/aromatic N) is 4. The van der Waals surface area contributed by atoms with E-state index in [0.29, 0.717) is 32.7 Å². The van der Waals surface area contributed by atoms with Gasteiger partial charge in [0.2, 0.25) is 0 Å². The van der Waals surface area contributed by atoms with Gasteiger partial charge in [0.25, 0.3) is 0 Å². The van der Waals surface area contributed by atoms with Crippen molar-refractivity contribution in [3.63, 3.8) is 0 Å². The molecule has 1 aliphatic rings. The van der Waals surface area contributed by atoms with Crippen LogP contribution < -0.4 is 5.73 Å². The third-order valence-electron chi connectivity index (χ3n) is 3.85. The lowest BCUT2D eigenvalue weighted by Gasteiger charge is -2.09. The second-order valence-corrected chi connectivity index (χ2v) is 6.23. The van der Waals surface area contributed by atoms with E-state index in [-0.39, 0.29) is 5.82 Å². The van der Waals surface area contributed by atoms with Crippen molar-refractivity contribution < 1.29 is 4.79 Å². The third kappa shape index (κ3) is 2.26. The number of amides is 1. The van der Waals surface area contributed by atoms with Crippen LogP contribution in [0.5, 0.6) is 0 Å². The average molecular weight is 348 g/mol. The van der Waals surface area contributed by atoms with Gasteiger partial charge in [0.15, 0.2) is 11.5 Å². The van der Waals surface area contributed by atoms with E-state index in [4.69, 9.17) is 28.9 Å². The highest BCUT2D eigenvalue weighted by Gasteiger charge is 2.31. The van der Waals surface area contributed by atoms with Crippen LogP contribution in [0.15, 0.2) is 24.5 Å². The Morgan fingerprint density at radius 1 is 1.22 bits per heavy atom. The smallest absolute Gasteiger partial charge is 0.325 e. The molecular formula is C15H11Cl2N5O. The zero-order valence-corrected chi connectivity index (χ0v) is 13.3. The molecule has 1 fully saturated rings. The first-order valence-electron chi connectivity index (χ1n) is 7.05. The Labute approximate surface area is 141 Å². The van der Waals surface area contributed by atoms with E-state index in [1.165, 1.54) is 10.9 Å². The lowest BCUT2D eigenvalue weighted by molar-refractivity contribution is 0.251. The van der Waals surface area contributed by atoms with Crippen LogP contribution in [-0.4, -0.2) is 25.6 Å². The maximum absolute atomic E-state index is 12.1. The minimum Gasteiger partial charge on any atom is -0.351 e. The van der Waals surface area contributed by atoms with Crippen LogP contribution in [0.2, 0.25) is 10.0 Å². The summed E-state index contributed by atoms with van der Waals surface area (Å²) < 4.78 is 1.30. The topological polar surface area (TPSA) is 86.7 Å². The Hall–Kier alpha value is -2.18. The Bertz CT molecular complexity index is 928. The number of hydrogen-bond acceptors (Lipinski definition) is 4. The minimum atomic E-state index is -0.671. The van der Waals surface area contributed by atoms with Gasteiger partial charge >= 0.3 is 6.03 Å². The van der Waals surface area contributed by atoms with E-state index >= 15 is 0 Å². The van der Waals surface area contributed by atoms with E-state index in [0.717, 1.165) is 18.5 Å². The van der Waals surface area contributed by atoms with E-state index in [2.05, 4.69) is 15.0 Å². The van der Waals surface area contributed by atoms with E-state index in [1.54, 1.807) is 18.2 Å². The van der Waals surface area contributed by atoms with Gasteiger partial charge in [-0.05, 0) is 25.0 Å². The monoisotopic (exact) mass is 347 g/mol. The first-order chi connectivity index (χ1) is 11.1. The summed E-state index contributed by atoms with van der Waals surface area (Å²) in [7, 11) is 0. The molecule has 2 aromatic heterocycles. The molecule has 8 heteroatoms. The van der Waals surface area contributed by atoms with Gasteiger partial charge in [0.05, 0.1) is 21.3 Å². The lowest BCUT2D eigenvalue weighted by atomic mass is 10.2. The molecule has 0 atom stereocenters. The van der Waals surface area contributed by atoms with Crippen LogP contribution in [0, 0.1) is 0 Å². The number of carbonyl (C=O) groups is 1. The van der Waals surface area contributed by atoms with Crippen LogP contribution in [0.25, 0.3) is 22.6 Å².